The van der Waals surface area contributed by atoms with Gasteiger partial charge in [-0.15, -0.1) is 6.58 Å². The first-order chi connectivity index (χ1) is 11.1. The number of carbonyl (C=O) groups excluding carboxylic acids is 1. The van der Waals surface area contributed by atoms with Gasteiger partial charge in [-0.3, -0.25) is 0 Å². The van der Waals surface area contributed by atoms with Crippen LogP contribution in [-0.2, 0) is 9.16 Å². The van der Waals surface area contributed by atoms with Crippen LogP contribution < -0.4 is 0 Å². The van der Waals surface area contributed by atoms with Gasteiger partial charge in [-0.25, -0.2) is 4.79 Å². The maximum Gasteiger partial charge on any atom is 0.338 e. The van der Waals surface area contributed by atoms with Crippen LogP contribution >= 0.6 is 0 Å². The molecule has 1 aromatic rings. The number of hydrogen-bond acceptors (Lipinski definition) is 3. The van der Waals surface area contributed by atoms with Crippen LogP contribution in [0.3, 0.4) is 0 Å². The largest absolute Gasteiger partial charge is 0.454 e. The molecule has 0 saturated heterocycles. The second-order valence-corrected chi connectivity index (χ2v) is 12.2. The molecule has 3 nitrogen and oxygen atoms in total. The summed E-state index contributed by atoms with van der Waals surface area (Å²) in [5.41, 5.74) is 0.532. The fourth-order valence-electron chi connectivity index (χ4n) is 1.95. The molecule has 24 heavy (non-hydrogen) atoms. The second kappa shape index (κ2) is 8.45. The first-order valence-corrected chi connectivity index (χ1v) is 11.2. The Morgan fingerprint density at radius 1 is 1.12 bits per heavy atom. The van der Waals surface area contributed by atoms with Crippen molar-refractivity contribution in [3.63, 3.8) is 0 Å². The van der Waals surface area contributed by atoms with Crippen molar-refractivity contribution in [3.05, 3.63) is 61.2 Å². The van der Waals surface area contributed by atoms with Crippen molar-refractivity contribution < 1.29 is 14.0 Å². The van der Waals surface area contributed by atoms with Gasteiger partial charge in [-0.05, 0) is 30.3 Å². The molecule has 0 aliphatic heterocycles. The van der Waals surface area contributed by atoms with Gasteiger partial charge in [0.15, 0.2) is 8.32 Å². The summed E-state index contributed by atoms with van der Waals surface area (Å²) in [4.78, 5) is 12.2. The normalized spacial score (nSPS) is 14.5. The highest BCUT2D eigenvalue weighted by Crippen LogP contribution is 2.38. The Hall–Kier alpha value is -1.65. The van der Waals surface area contributed by atoms with Crippen molar-refractivity contribution >= 4 is 14.3 Å². The molecule has 0 saturated carbocycles. The lowest BCUT2D eigenvalue weighted by Crippen LogP contribution is -2.44. The molecule has 0 aliphatic carbocycles. The number of rotatable bonds is 8. The zero-order valence-corrected chi connectivity index (χ0v) is 16.5. The van der Waals surface area contributed by atoms with Crippen molar-refractivity contribution in [2.75, 3.05) is 0 Å². The van der Waals surface area contributed by atoms with Crippen LogP contribution in [0.4, 0.5) is 0 Å². The molecule has 0 bridgehead atoms. The maximum atomic E-state index is 12.2. The summed E-state index contributed by atoms with van der Waals surface area (Å²) in [6, 6.07) is 8.96. The lowest BCUT2D eigenvalue weighted by molar-refractivity contribution is 0.0320. The summed E-state index contributed by atoms with van der Waals surface area (Å²) in [5, 5.41) is 0.110. The van der Waals surface area contributed by atoms with Gasteiger partial charge >= 0.3 is 5.97 Å². The molecule has 0 radical (unpaired) electrons. The fourth-order valence-corrected chi connectivity index (χ4v) is 3.25. The monoisotopic (exact) mass is 346 g/mol. The Labute approximate surface area is 147 Å². The average molecular weight is 347 g/mol. The van der Waals surface area contributed by atoms with E-state index < -0.39 is 14.4 Å². The number of esters is 1. The molecule has 2 atom stereocenters. The van der Waals surface area contributed by atoms with Crippen LogP contribution in [0, 0.1) is 0 Å². The van der Waals surface area contributed by atoms with E-state index in [4.69, 9.17) is 9.16 Å². The van der Waals surface area contributed by atoms with E-state index >= 15 is 0 Å². The molecular formula is C20H30O3Si. The van der Waals surface area contributed by atoms with Crippen molar-refractivity contribution in [2.24, 2.45) is 0 Å². The Morgan fingerprint density at radius 2 is 1.67 bits per heavy atom. The molecule has 1 rings (SSSR count). The quantitative estimate of drug-likeness (QED) is 0.361. The highest BCUT2D eigenvalue weighted by molar-refractivity contribution is 6.74. The molecule has 0 heterocycles. The second-order valence-electron chi connectivity index (χ2n) is 7.43. The lowest BCUT2D eigenvalue weighted by atomic mass is 10.1. The number of ether oxygens (including phenoxy) is 1. The molecule has 0 aliphatic rings. The first kappa shape index (κ1) is 20.4. The van der Waals surface area contributed by atoms with Crippen LogP contribution in [-0.4, -0.2) is 26.5 Å². The Balaban J connectivity index is 2.73. The minimum absolute atomic E-state index is 0.110. The van der Waals surface area contributed by atoms with Gasteiger partial charge in [0.1, 0.15) is 6.10 Å². The SMILES string of the molecule is C=CC(C[C@@H](C=C)O[Si](C)(C)C(C)(C)C)OC(=O)c1ccccc1. The van der Waals surface area contributed by atoms with Gasteiger partial charge in [0, 0.05) is 6.42 Å². The standard InChI is InChI=1S/C20H30O3Si/c1-8-17(22-19(21)16-13-11-10-12-14-16)15-18(9-2)23-24(6,7)20(3,4)5/h8-14,17-18H,1-2,15H2,3-7H3/t17?,18-/m1/s1. The van der Waals surface area contributed by atoms with Crippen molar-refractivity contribution in [2.45, 2.75) is 57.5 Å². The van der Waals surface area contributed by atoms with Gasteiger partial charge in [0.25, 0.3) is 0 Å². The zero-order valence-electron chi connectivity index (χ0n) is 15.5. The molecule has 0 amide bonds. The van der Waals surface area contributed by atoms with E-state index in [1.54, 1.807) is 24.3 Å². The number of carbonyl (C=O) groups is 1. The molecule has 1 aromatic carbocycles. The fraction of sp³-hybridized carbons (Fsp3) is 0.450. The maximum absolute atomic E-state index is 12.2. The third kappa shape index (κ3) is 5.76. The van der Waals surface area contributed by atoms with Gasteiger partial charge in [-0.2, -0.15) is 0 Å². The van der Waals surface area contributed by atoms with Crippen LogP contribution in [0.1, 0.15) is 37.6 Å². The van der Waals surface area contributed by atoms with Gasteiger partial charge in [-0.1, -0.05) is 57.7 Å². The third-order valence-corrected chi connectivity index (χ3v) is 9.01. The molecular weight excluding hydrogens is 316 g/mol. The summed E-state index contributed by atoms with van der Waals surface area (Å²) in [7, 11) is -1.92. The van der Waals surface area contributed by atoms with Crippen LogP contribution in [0.5, 0.6) is 0 Å². The van der Waals surface area contributed by atoms with Crippen LogP contribution in [0.15, 0.2) is 55.6 Å². The van der Waals surface area contributed by atoms with Crippen LogP contribution in [0.25, 0.3) is 0 Å². The Kier molecular flexibility index (Phi) is 7.18. The molecule has 0 spiro atoms. The van der Waals surface area contributed by atoms with E-state index in [1.165, 1.54) is 0 Å². The minimum atomic E-state index is -1.92. The summed E-state index contributed by atoms with van der Waals surface area (Å²) in [6.07, 6.45) is 3.38. The van der Waals surface area contributed by atoms with E-state index in [2.05, 4.69) is 47.0 Å². The van der Waals surface area contributed by atoms with Crippen molar-refractivity contribution in [3.8, 4) is 0 Å². The lowest BCUT2D eigenvalue weighted by Gasteiger charge is -2.39. The topological polar surface area (TPSA) is 35.5 Å². The Morgan fingerprint density at radius 3 is 2.12 bits per heavy atom. The molecule has 4 heteroatoms. The molecule has 132 valence electrons. The highest BCUT2D eigenvalue weighted by Gasteiger charge is 2.39. The zero-order chi connectivity index (χ0) is 18.4. The average Bonchev–Trinajstić information content (AvgIpc) is 2.52. The summed E-state index contributed by atoms with van der Waals surface area (Å²) < 4.78 is 11.9. The molecule has 1 unspecified atom stereocenters. The van der Waals surface area contributed by atoms with E-state index in [1.807, 2.05) is 18.2 Å². The first-order valence-electron chi connectivity index (χ1n) is 8.29. The van der Waals surface area contributed by atoms with E-state index in [9.17, 15) is 4.79 Å². The minimum Gasteiger partial charge on any atom is -0.454 e. The molecule has 0 N–H and O–H groups in total. The van der Waals surface area contributed by atoms with Gasteiger partial charge < -0.3 is 9.16 Å². The van der Waals surface area contributed by atoms with E-state index in [-0.39, 0.29) is 17.1 Å². The summed E-state index contributed by atoms with van der Waals surface area (Å²) >= 11 is 0. The Bertz CT molecular complexity index is 558. The third-order valence-electron chi connectivity index (χ3n) is 4.51. The summed E-state index contributed by atoms with van der Waals surface area (Å²) in [6.45, 7) is 18.6. The summed E-state index contributed by atoms with van der Waals surface area (Å²) in [5.74, 6) is -0.351. The van der Waals surface area contributed by atoms with E-state index in [0.29, 0.717) is 12.0 Å². The molecule has 0 aromatic heterocycles. The van der Waals surface area contributed by atoms with Crippen LogP contribution in [0.2, 0.25) is 18.1 Å². The molecule has 0 fully saturated rings. The van der Waals surface area contributed by atoms with E-state index in [0.717, 1.165) is 0 Å². The smallest absolute Gasteiger partial charge is 0.338 e. The number of benzene rings is 1. The van der Waals surface area contributed by atoms with Gasteiger partial charge in [0.05, 0.1) is 11.7 Å². The van der Waals surface area contributed by atoms with Crippen molar-refractivity contribution in [1.82, 2.24) is 0 Å². The van der Waals surface area contributed by atoms with Gasteiger partial charge in [0.2, 0.25) is 0 Å². The van der Waals surface area contributed by atoms with Crippen molar-refractivity contribution in [1.29, 1.82) is 0 Å². The highest BCUT2D eigenvalue weighted by atomic mass is 28.4. The predicted molar refractivity (Wildman–Crippen MR) is 103 cm³/mol. The predicted octanol–water partition coefficient (Wildman–Crippen LogP) is 5.36. The number of hydrogen-bond donors (Lipinski definition) is 0.